The summed E-state index contributed by atoms with van der Waals surface area (Å²) in [6.45, 7) is 2.33. The van der Waals surface area contributed by atoms with Crippen molar-refractivity contribution < 1.29 is 9.59 Å². The fourth-order valence-corrected chi connectivity index (χ4v) is 3.87. The van der Waals surface area contributed by atoms with Gasteiger partial charge in [0.05, 0.1) is 12.1 Å². The van der Waals surface area contributed by atoms with Gasteiger partial charge in [0, 0.05) is 16.3 Å². The predicted molar refractivity (Wildman–Crippen MR) is 79.0 cm³/mol. The summed E-state index contributed by atoms with van der Waals surface area (Å²) < 4.78 is 0. The van der Waals surface area contributed by atoms with Crippen LogP contribution in [0.5, 0.6) is 0 Å². The molecule has 2 amide bonds. The fraction of sp³-hybridized carbons (Fsp3) is 0.600. The van der Waals surface area contributed by atoms with E-state index in [9.17, 15) is 9.59 Å². The van der Waals surface area contributed by atoms with Crippen molar-refractivity contribution in [3.8, 4) is 0 Å². The summed E-state index contributed by atoms with van der Waals surface area (Å²) in [5.41, 5.74) is 1.98. The molecule has 5 heteroatoms. The van der Waals surface area contributed by atoms with Gasteiger partial charge in [0.2, 0.25) is 5.91 Å². The summed E-state index contributed by atoms with van der Waals surface area (Å²) in [7, 11) is 0. The lowest BCUT2D eigenvalue weighted by Gasteiger charge is -2.18. The second-order valence-corrected chi connectivity index (χ2v) is 6.89. The monoisotopic (exact) mass is 292 g/mol. The van der Waals surface area contributed by atoms with Crippen LogP contribution in [0, 0.1) is 5.92 Å². The van der Waals surface area contributed by atoms with Gasteiger partial charge < -0.3 is 10.6 Å². The first kappa shape index (κ1) is 13.6. The van der Waals surface area contributed by atoms with Gasteiger partial charge in [0.25, 0.3) is 5.91 Å². The number of thiophene rings is 1. The molecule has 1 unspecified atom stereocenters. The smallest absolute Gasteiger partial charge is 0.252 e. The van der Waals surface area contributed by atoms with Crippen molar-refractivity contribution in [1.29, 1.82) is 0 Å². The molecule has 1 atom stereocenters. The minimum atomic E-state index is -0.108. The van der Waals surface area contributed by atoms with E-state index in [-0.39, 0.29) is 18.4 Å². The maximum atomic E-state index is 12.2. The molecule has 2 aliphatic carbocycles. The number of fused-ring (bicyclic) bond motifs is 1. The second-order valence-electron chi connectivity index (χ2n) is 5.92. The number of hydrogen-bond acceptors (Lipinski definition) is 3. The van der Waals surface area contributed by atoms with Gasteiger partial charge in [-0.05, 0) is 43.6 Å². The zero-order valence-corrected chi connectivity index (χ0v) is 12.5. The largest absolute Gasteiger partial charge is 0.352 e. The van der Waals surface area contributed by atoms with Gasteiger partial charge >= 0.3 is 0 Å². The van der Waals surface area contributed by atoms with E-state index in [1.54, 1.807) is 11.3 Å². The van der Waals surface area contributed by atoms with Crippen LogP contribution in [-0.2, 0) is 17.6 Å². The summed E-state index contributed by atoms with van der Waals surface area (Å²) in [5.74, 6) is 0.517. The first-order chi connectivity index (χ1) is 9.63. The number of amides is 2. The van der Waals surface area contributed by atoms with Crippen LogP contribution in [-0.4, -0.2) is 24.4 Å². The van der Waals surface area contributed by atoms with Crippen molar-refractivity contribution in [2.75, 3.05) is 6.54 Å². The Morgan fingerprint density at radius 3 is 2.90 bits per heavy atom. The Balaban J connectivity index is 1.58. The van der Waals surface area contributed by atoms with Crippen molar-refractivity contribution in [3.63, 3.8) is 0 Å². The molecule has 20 heavy (non-hydrogen) atoms. The second kappa shape index (κ2) is 5.56. The summed E-state index contributed by atoms with van der Waals surface area (Å²) in [6, 6.07) is 0.342. The molecule has 1 aromatic heterocycles. The topological polar surface area (TPSA) is 58.2 Å². The van der Waals surface area contributed by atoms with Gasteiger partial charge in [-0.2, -0.15) is 0 Å². The molecule has 1 heterocycles. The van der Waals surface area contributed by atoms with Gasteiger partial charge in [-0.15, -0.1) is 11.3 Å². The van der Waals surface area contributed by atoms with Crippen LogP contribution in [0.1, 0.15) is 47.0 Å². The maximum Gasteiger partial charge on any atom is 0.252 e. The molecule has 1 aromatic rings. The molecule has 0 spiro atoms. The zero-order valence-electron chi connectivity index (χ0n) is 11.7. The summed E-state index contributed by atoms with van der Waals surface area (Å²) in [5, 5.41) is 7.55. The normalized spacial score (nSPS) is 21.1. The molecule has 0 aromatic carbocycles. The summed E-state index contributed by atoms with van der Waals surface area (Å²) >= 11 is 1.68. The van der Waals surface area contributed by atoms with E-state index in [4.69, 9.17) is 0 Å². The highest BCUT2D eigenvalue weighted by atomic mass is 32.1. The third-order valence-corrected chi connectivity index (χ3v) is 5.05. The minimum absolute atomic E-state index is 0.0797. The van der Waals surface area contributed by atoms with Crippen LogP contribution < -0.4 is 10.6 Å². The lowest BCUT2D eigenvalue weighted by Crippen LogP contribution is -2.38. The summed E-state index contributed by atoms with van der Waals surface area (Å²) in [6.07, 6.45) is 5.34. The molecular formula is C15H20N2O2S. The van der Waals surface area contributed by atoms with Crippen molar-refractivity contribution in [3.05, 3.63) is 21.4 Å². The minimum Gasteiger partial charge on any atom is -0.352 e. The first-order valence-corrected chi connectivity index (χ1v) is 8.18. The SMILES string of the molecule is CC1CCc2c(C(=O)NCC(=O)NC3CC3)csc2C1. The van der Waals surface area contributed by atoms with Gasteiger partial charge in [0.15, 0.2) is 0 Å². The molecule has 1 saturated carbocycles. The lowest BCUT2D eigenvalue weighted by atomic mass is 9.88. The van der Waals surface area contributed by atoms with E-state index in [1.165, 1.54) is 10.4 Å². The van der Waals surface area contributed by atoms with Crippen LogP contribution >= 0.6 is 11.3 Å². The number of carbonyl (C=O) groups excluding carboxylic acids is 2. The maximum absolute atomic E-state index is 12.2. The van der Waals surface area contributed by atoms with Crippen LogP contribution in [0.4, 0.5) is 0 Å². The standard InChI is InChI=1S/C15H20N2O2S/c1-9-2-5-11-12(8-20-13(11)6-9)15(19)16-7-14(18)17-10-3-4-10/h8-10H,2-7H2,1H3,(H,16,19)(H,17,18). The first-order valence-electron chi connectivity index (χ1n) is 7.30. The number of rotatable bonds is 4. The van der Waals surface area contributed by atoms with Crippen molar-refractivity contribution in [1.82, 2.24) is 10.6 Å². The Kier molecular flexibility index (Phi) is 3.78. The molecule has 2 aliphatic rings. The lowest BCUT2D eigenvalue weighted by molar-refractivity contribution is -0.120. The molecule has 1 fully saturated rings. The van der Waals surface area contributed by atoms with E-state index in [0.717, 1.165) is 37.7 Å². The molecule has 0 bridgehead atoms. The fourth-order valence-electron chi connectivity index (χ4n) is 2.63. The number of nitrogens with one attached hydrogen (secondary N) is 2. The van der Waals surface area contributed by atoms with Crippen LogP contribution in [0.15, 0.2) is 5.38 Å². The van der Waals surface area contributed by atoms with Crippen LogP contribution in [0.25, 0.3) is 0 Å². The van der Waals surface area contributed by atoms with Crippen molar-refractivity contribution in [2.45, 2.75) is 45.1 Å². The highest BCUT2D eigenvalue weighted by molar-refractivity contribution is 7.10. The van der Waals surface area contributed by atoms with E-state index in [2.05, 4.69) is 17.6 Å². The number of carbonyl (C=O) groups is 2. The van der Waals surface area contributed by atoms with Gasteiger partial charge in [-0.1, -0.05) is 6.92 Å². The van der Waals surface area contributed by atoms with Crippen LogP contribution in [0.2, 0.25) is 0 Å². The average Bonchev–Trinajstić information content (AvgIpc) is 3.13. The molecule has 0 aliphatic heterocycles. The molecule has 0 saturated heterocycles. The third kappa shape index (κ3) is 3.03. The van der Waals surface area contributed by atoms with Gasteiger partial charge in [-0.3, -0.25) is 9.59 Å². The Bertz CT molecular complexity index is 534. The summed E-state index contributed by atoms with van der Waals surface area (Å²) in [4.78, 5) is 25.1. The average molecular weight is 292 g/mol. The third-order valence-electron chi connectivity index (χ3n) is 4.00. The predicted octanol–water partition coefficient (Wildman–Crippen LogP) is 1.88. The molecule has 2 N–H and O–H groups in total. The molecule has 108 valence electrons. The highest BCUT2D eigenvalue weighted by Gasteiger charge is 2.25. The Morgan fingerprint density at radius 2 is 2.15 bits per heavy atom. The highest BCUT2D eigenvalue weighted by Crippen LogP contribution is 2.32. The van der Waals surface area contributed by atoms with E-state index >= 15 is 0 Å². The van der Waals surface area contributed by atoms with Crippen LogP contribution in [0.3, 0.4) is 0 Å². The molecule has 4 nitrogen and oxygen atoms in total. The zero-order chi connectivity index (χ0) is 14.1. The van der Waals surface area contributed by atoms with E-state index < -0.39 is 0 Å². The van der Waals surface area contributed by atoms with Crippen molar-refractivity contribution in [2.24, 2.45) is 5.92 Å². The van der Waals surface area contributed by atoms with E-state index in [1.807, 2.05) is 5.38 Å². The molecular weight excluding hydrogens is 272 g/mol. The molecule has 3 rings (SSSR count). The Labute approximate surface area is 122 Å². The van der Waals surface area contributed by atoms with E-state index in [0.29, 0.717) is 12.0 Å². The number of hydrogen-bond donors (Lipinski definition) is 2. The Morgan fingerprint density at radius 1 is 1.35 bits per heavy atom. The quantitative estimate of drug-likeness (QED) is 0.890. The van der Waals surface area contributed by atoms with Gasteiger partial charge in [0.1, 0.15) is 0 Å². The van der Waals surface area contributed by atoms with Crippen molar-refractivity contribution >= 4 is 23.2 Å². The Hall–Kier alpha value is -1.36. The molecule has 0 radical (unpaired) electrons. The van der Waals surface area contributed by atoms with Gasteiger partial charge in [-0.25, -0.2) is 0 Å².